The van der Waals surface area contributed by atoms with E-state index >= 15 is 0 Å². The fourth-order valence-electron chi connectivity index (χ4n) is 1.94. The minimum atomic E-state index is 0.143. The lowest BCUT2D eigenvalue weighted by Crippen LogP contribution is -1.83. The Balaban J connectivity index is 2.28. The number of aromatic nitrogens is 2. The molecule has 90 valence electrons. The summed E-state index contributed by atoms with van der Waals surface area (Å²) in [6.45, 7) is 0. The van der Waals surface area contributed by atoms with Gasteiger partial charge in [0.1, 0.15) is 11.4 Å². The van der Waals surface area contributed by atoms with Gasteiger partial charge in [-0.25, -0.2) is 0 Å². The number of aromatic hydroxyl groups is 1. The minimum absolute atomic E-state index is 0.143. The lowest BCUT2D eigenvalue weighted by atomic mass is 10.1. The van der Waals surface area contributed by atoms with E-state index in [1.165, 1.54) is 0 Å². The van der Waals surface area contributed by atoms with E-state index < -0.39 is 0 Å². The zero-order valence-corrected chi connectivity index (χ0v) is 10.1. The maximum absolute atomic E-state index is 9.88. The molecule has 0 unspecified atom stereocenters. The van der Waals surface area contributed by atoms with E-state index in [1.807, 2.05) is 6.07 Å². The van der Waals surface area contributed by atoms with Gasteiger partial charge in [-0.1, -0.05) is 11.6 Å². The molecule has 4 N–H and O–H groups in total. The van der Waals surface area contributed by atoms with E-state index in [2.05, 4.69) is 10.2 Å². The average Bonchev–Trinajstić information content (AvgIpc) is 2.75. The number of nitrogens with zero attached hydrogens (tertiary/aromatic N) is 1. The van der Waals surface area contributed by atoms with Crippen molar-refractivity contribution >= 4 is 28.2 Å². The van der Waals surface area contributed by atoms with Gasteiger partial charge >= 0.3 is 0 Å². The molecule has 0 aliphatic rings. The topological polar surface area (TPSA) is 74.9 Å². The van der Waals surface area contributed by atoms with E-state index in [4.69, 9.17) is 17.3 Å². The van der Waals surface area contributed by atoms with Crippen LogP contribution in [0.4, 0.5) is 5.69 Å². The Morgan fingerprint density at radius 3 is 2.83 bits per heavy atom. The third-order valence-electron chi connectivity index (χ3n) is 2.80. The van der Waals surface area contributed by atoms with E-state index in [0.29, 0.717) is 22.0 Å². The Hall–Kier alpha value is -2.20. The molecule has 0 aliphatic carbocycles. The standard InChI is InChI=1S/C13H10ClN3O/c14-7-1-4-12(18)10(5-7)13-9-3-2-8(15)6-11(9)16-17-13/h1-6,18H,15H2,(H,16,17). The number of phenols is 1. The summed E-state index contributed by atoms with van der Waals surface area (Å²) in [5.74, 6) is 0.143. The van der Waals surface area contributed by atoms with E-state index in [-0.39, 0.29) is 5.75 Å². The van der Waals surface area contributed by atoms with E-state index in [1.54, 1.807) is 30.3 Å². The summed E-state index contributed by atoms with van der Waals surface area (Å²) < 4.78 is 0. The van der Waals surface area contributed by atoms with Gasteiger partial charge < -0.3 is 10.8 Å². The highest BCUT2D eigenvalue weighted by Gasteiger charge is 2.12. The van der Waals surface area contributed by atoms with Crippen molar-refractivity contribution in [3.63, 3.8) is 0 Å². The highest BCUT2D eigenvalue weighted by atomic mass is 35.5. The summed E-state index contributed by atoms with van der Waals surface area (Å²) in [5, 5.41) is 18.4. The summed E-state index contributed by atoms with van der Waals surface area (Å²) in [7, 11) is 0. The molecule has 0 aliphatic heterocycles. The number of phenolic OH excluding ortho intramolecular Hbond substituents is 1. The first-order valence-corrected chi connectivity index (χ1v) is 5.75. The Morgan fingerprint density at radius 2 is 2.00 bits per heavy atom. The molecule has 5 heteroatoms. The molecule has 0 atom stereocenters. The van der Waals surface area contributed by atoms with Crippen LogP contribution in [0.5, 0.6) is 5.75 Å². The van der Waals surface area contributed by atoms with Crippen molar-refractivity contribution in [1.29, 1.82) is 0 Å². The van der Waals surface area contributed by atoms with Gasteiger partial charge in [0.05, 0.1) is 5.52 Å². The van der Waals surface area contributed by atoms with Gasteiger partial charge in [-0.2, -0.15) is 5.10 Å². The third kappa shape index (κ3) is 1.67. The second kappa shape index (κ2) is 3.92. The van der Waals surface area contributed by atoms with E-state index in [0.717, 1.165) is 10.9 Å². The molecule has 3 rings (SSSR count). The lowest BCUT2D eigenvalue weighted by molar-refractivity contribution is 0.477. The number of anilines is 1. The maximum Gasteiger partial charge on any atom is 0.125 e. The van der Waals surface area contributed by atoms with Crippen LogP contribution in [0.2, 0.25) is 5.02 Å². The van der Waals surface area contributed by atoms with Crippen molar-refractivity contribution in [2.75, 3.05) is 5.73 Å². The zero-order valence-electron chi connectivity index (χ0n) is 9.31. The second-order valence-corrected chi connectivity index (χ2v) is 4.48. The van der Waals surface area contributed by atoms with Crippen LogP contribution in [0, 0.1) is 0 Å². The van der Waals surface area contributed by atoms with Gasteiger partial charge in [0, 0.05) is 21.7 Å². The van der Waals surface area contributed by atoms with Crippen LogP contribution in [0.3, 0.4) is 0 Å². The van der Waals surface area contributed by atoms with Gasteiger partial charge in [0.25, 0.3) is 0 Å². The van der Waals surface area contributed by atoms with Gasteiger partial charge in [-0.05, 0) is 36.4 Å². The molecule has 0 fully saturated rings. The van der Waals surface area contributed by atoms with Crippen LogP contribution < -0.4 is 5.73 Å². The van der Waals surface area contributed by atoms with Crippen LogP contribution in [-0.4, -0.2) is 15.3 Å². The first-order chi connectivity index (χ1) is 8.65. The molecule has 1 heterocycles. The molecule has 3 aromatic rings. The summed E-state index contributed by atoms with van der Waals surface area (Å²) in [5.41, 5.74) is 8.44. The molecule has 0 saturated carbocycles. The Bertz CT molecular complexity index is 736. The second-order valence-electron chi connectivity index (χ2n) is 4.04. The molecule has 0 bridgehead atoms. The predicted molar refractivity (Wildman–Crippen MR) is 72.6 cm³/mol. The van der Waals surface area contributed by atoms with Gasteiger partial charge in [-0.15, -0.1) is 0 Å². The van der Waals surface area contributed by atoms with Crippen molar-refractivity contribution in [3.05, 3.63) is 41.4 Å². The number of hydrogen-bond acceptors (Lipinski definition) is 3. The van der Waals surface area contributed by atoms with Crippen LogP contribution in [0.25, 0.3) is 22.2 Å². The number of rotatable bonds is 1. The van der Waals surface area contributed by atoms with Crippen molar-refractivity contribution in [2.24, 2.45) is 0 Å². The van der Waals surface area contributed by atoms with Crippen molar-refractivity contribution in [3.8, 4) is 17.0 Å². The van der Waals surface area contributed by atoms with E-state index in [9.17, 15) is 5.11 Å². The normalized spacial score (nSPS) is 10.9. The maximum atomic E-state index is 9.88. The summed E-state index contributed by atoms with van der Waals surface area (Å²) in [4.78, 5) is 0. The molecular formula is C13H10ClN3O. The minimum Gasteiger partial charge on any atom is -0.507 e. The first-order valence-electron chi connectivity index (χ1n) is 5.37. The van der Waals surface area contributed by atoms with Crippen LogP contribution in [0.1, 0.15) is 0 Å². The number of halogens is 1. The fraction of sp³-hybridized carbons (Fsp3) is 0. The summed E-state index contributed by atoms with van der Waals surface area (Å²) in [6, 6.07) is 10.3. The fourth-order valence-corrected chi connectivity index (χ4v) is 2.11. The number of H-pyrrole nitrogens is 1. The molecule has 0 radical (unpaired) electrons. The number of benzene rings is 2. The van der Waals surface area contributed by atoms with Crippen LogP contribution in [-0.2, 0) is 0 Å². The number of nitrogen functional groups attached to an aromatic ring is 1. The lowest BCUT2D eigenvalue weighted by Gasteiger charge is -2.02. The van der Waals surface area contributed by atoms with Gasteiger partial charge in [-0.3, -0.25) is 5.10 Å². The Labute approximate surface area is 108 Å². The Morgan fingerprint density at radius 1 is 1.17 bits per heavy atom. The van der Waals surface area contributed by atoms with Crippen LogP contribution >= 0.6 is 11.6 Å². The average molecular weight is 260 g/mol. The third-order valence-corrected chi connectivity index (χ3v) is 3.04. The smallest absolute Gasteiger partial charge is 0.125 e. The first kappa shape index (κ1) is 10.9. The van der Waals surface area contributed by atoms with Gasteiger partial charge in [0.2, 0.25) is 0 Å². The molecule has 4 nitrogen and oxygen atoms in total. The number of aromatic amines is 1. The molecule has 18 heavy (non-hydrogen) atoms. The number of fused-ring (bicyclic) bond motifs is 1. The largest absolute Gasteiger partial charge is 0.507 e. The van der Waals surface area contributed by atoms with Crippen LogP contribution in [0.15, 0.2) is 36.4 Å². The zero-order chi connectivity index (χ0) is 12.7. The number of nitrogens with two attached hydrogens (primary N) is 1. The molecular weight excluding hydrogens is 250 g/mol. The monoisotopic (exact) mass is 259 g/mol. The molecule has 0 spiro atoms. The predicted octanol–water partition coefficient (Wildman–Crippen LogP) is 3.17. The highest BCUT2D eigenvalue weighted by Crippen LogP contribution is 2.34. The Kier molecular flexibility index (Phi) is 2.38. The molecule has 1 aromatic heterocycles. The molecule has 0 saturated heterocycles. The highest BCUT2D eigenvalue weighted by molar-refractivity contribution is 6.31. The summed E-state index contributed by atoms with van der Waals surface area (Å²) >= 11 is 5.94. The molecule has 0 amide bonds. The quantitative estimate of drug-likeness (QED) is 0.588. The van der Waals surface area contributed by atoms with Crippen molar-refractivity contribution < 1.29 is 5.11 Å². The summed E-state index contributed by atoms with van der Waals surface area (Å²) in [6.07, 6.45) is 0. The number of hydrogen-bond donors (Lipinski definition) is 3. The van der Waals surface area contributed by atoms with Crippen molar-refractivity contribution in [1.82, 2.24) is 10.2 Å². The SMILES string of the molecule is Nc1ccc2c(-c3cc(Cl)ccc3O)n[nH]c2c1. The van der Waals surface area contributed by atoms with Gasteiger partial charge in [0.15, 0.2) is 0 Å². The number of nitrogens with one attached hydrogen (secondary N) is 1. The molecule has 2 aromatic carbocycles. The van der Waals surface area contributed by atoms with Crippen molar-refractivity contribution in [2.45, 2.75) is 0 Å².